The van der Waals surface area contributed by atoms with E-state index in [1.807, 2.05) is 23.3 Å². The number of nitrogens with one attached hydrogen (secondary N) is 1. The van der Waals surface area contributed by atoms with Gasteiger partial charge in [-0.25, -0.2) is 4.79 Å². The first-order valence-corrected chi connectivity index (χ1v) is 11.0. The third kappa shape index (κ3) is 4.74. The average molecular weight is 461 g/mol. The van der Waals surface area contributed by atoms with E-state index in [-0.39, 0.29) is 23.6 Å². The Morgan fingerprint density at radius 2 is 1.79 bits per heavy atom. The van der Waals surface area contributed by atoms with Crippen LogP contribution in [0.5, 0.6) is 11.5 Å². The van der Waals surface area contributed by atoms with Crippen LogP contribution in [-0.2, 0) is 20.6 Å². The maximum absolute atomic E-state index is 12.9. The lowest BCUT2D eigenvalue weighted by Gasteiger charge is -2.21. The molecule has 0 aliphatic heterocycles. The molecular formula is C22H32N6O5. The molecule has 4 N–H and O–H groups in total. The lowest BCUT2D eigenvalue weighted by atomic mass is 10.1. The molecule has 0 unspecified atom stereocenters. The van der Waals surface area contributed by atoms with Crippen molar-refractivity contribution >= 4 is 17.1 Å². The van der Waals surface area contributed by atoms with Gasteiger partial charge in [0.25, 0.3) is 5.56 Å². The summed E-state index contributed by atoms with van der Waals surface area (Å²) in [5, 5.41) is 32.5. The molecule has 1 atom stereocenters. The van der Waals surface area contributed by atoms with Crippen LogP contribution in [0.4, 0.5) is 5.95 Å². The quantitative estimate of drug-likeness (QED) is 0.252. The molecule has 11 nitrogen and oxygen atoms in total. The first-order chi connectivity index (χ1) is 15.7. The lowest BCUT2D eigenvalue weighted by molar-refractivity contribution is 0.174. The summed E-state index contributed by atoms with van der Waals surface area (Å²) in [5.41, 5.74) is 0.446. The van der Waals surface area contributed by atoms with Gasteiger partial charge in [-0.3, -0.25) is 13.9 Å². The fraction of sp³-hybridized carbons (Fsp3) is 0.500. The van der Waals surface area contributed by atoms with Gasteiger partial charge in [0.2, 0.25) is 5.95 Å². The second-order valence-electron chi connectivity index (χ2n) is 7.94. The number of aromatic nitrogens is 4. The van der Waals surface area contributed by atoms with Crippen LogP contribution in [0.2, 0.25) is 0 Å². The van der Waals surface area contributed by atoms with Crippen LogP contribution in [-0.4, -0.2) is 60.2 Å². The third-order valence-corrected chi connectivity index (χ3v) is 5.83. The van der Waals surface area contributed by atoms with Crippen molar-refractivity contribution in [3.8, 4) is 11.5 Å². The van der Waals surface area contributed by atoms with Gasteiger partial charge in [0, 0.05) is 40.3 Å². The number of aromatic hydroxyl groups is 2. The zero-order valence-corrected chi connectivity index (χ0v) is 19.4. The Kier molecular flexibility index (Phi) is 7.44. The minimum atomic E-state index is -0.848. The predicted molar refractivity (Wildman–Crippen MR) is 126 cm³/mol. The summed E-state index contributed by atoms with van der Waals surface area (Å²) in [4.78, 5) is 31.9. The average Bonchev–Trinajstić information content (AvgIpc) is 3.18. The van der Waals surface area contributed by atoms with Crippen LogP contribution in [0.25, 0.3) is 11.2 Å². The molecule has 3 rings (SSSR count). The second kappa shape index (κ2) is 10.1. The van der Waals surface area contributed by atoms with Gasteiger partial charge in [-0.05, 0) is 44.5 Å². The van der Waals surface area contributed by atoms with Crippen LogP contribution in [0.1, 0.15) is 31.9 Å². The fourth-order valence-electron chi connectivity index (χ4n) is 3.86. The molecule has 1 aromatic carbocycles. The number of nitrogens with zero attached hydrogens (tertiary/aromatic N) is 5. The highest BCUT2D eigenvalue weighted by Crippen LogP contribution is 2.27. The second-order valence-corrected chi connectivity index (χ2v) is 7.94. The standard InChI is InChI=1S/C22H32N6O5/c1-5-27(6-2)21-24-19-18(20(32)26(4)22(33)25(19)3)28(21)11-7-10-23-13-17(31)14-8-9-15(29)16(30)12-14/h8-9,12,17,23,29-31H,5-7,10-11,13H2,1-4H3/t17-/m1/s1. The van der Waals surface area contributed by atoms with Gasteiger partial charge in [-0.1, -0.05) is 6.07 Å². The van der Waals surface area contributed by atoms with Gasteiger partial charge < -0.3 is 30.1 Å². The number of phenols is 2. The van der Waals surface area contributed by atoms with Gasteiger partial charge in [-0.15, -0.1) is 0 Å². The Hall–Kier alpha value is -3.31. The van der Waals surface area contributed by atoms with E-state index in [4.69, 9.17) is 0 Å². The first-order valence-electron chi connectivity index (χ1n) is 11.0. The minimum absolute atomic E-state index is 0.237. The number of hydrogen-bond acceptors (Lipinski definition) is 8. The van der Waals surface area contributed by atoms with E-state index < -0.39 is 11.8 Å². The van der Waals surface area contributed by atoms with Gasteiger partial charge in [0.05, 0.1) is 6.10 Å². The van der Waals surface area contributed by atoms with E-state index >= 15 is 0 Å². The SMILES string of the molecule is CCN(CC)c1nc2c(c(=O)n(C)c(=O)n2C)n1CCCNC[C@@H](O)c1ccc(O)c(O)c1. The van der Waals surface area contributed by atoms with Crippen molar-refractivity contribution in [3.63, 3.8) is 0 Å². The molecule has 0 radical (unpaired) electrons. The smallest absolute Gasteiger partial charge is 0.332 e. The normalized spacial score (nSPS) is 12.4. The zero-order valence-electron chi connectivity index (χ0n) is 19.4. The third-order valence-electron chi connectivity index (χ3n) is 5.83. The number of anilines is 1. The van der Waals surface area contributed by atoms with Crippen LogP contribution < -0.4 is 21.5 Å². The van der Waals surface area contributed by atoms with Crippen LogP contribution >= 0.6 is 0 Å². The number of benzene rings is 1. The molecule has 11 heteroatoms. The van der Waals surface area contributed by atoms with E-state index in [2.05, 4.69) is 10.3 Å². The molecule has 0 aliphatic carbocycles. The van der Waals surface area contributed by atoms with Crippen LogP contribution in [0.3, 0.4) is 0 Å². The van der Waals surface area contributed by atoms with Crippen molar-refractivity contribution in [2.24, 2.45) is 14.1 Å². The molecule has 180 valence electrons. The maximum Gasteiger partial charge on any atom is 0.332 e. The number of phenolic OH excluding ortho intramolecular Hbond substituents is 2. The highest BCUT2D eigenvalue weighted by molar-refractivity contribution is 5.74. The molecule has 0 bridgehead atoms. The number of aliphatic hydroxyl groups excluding tert-OH is 1. The topological polar surface area (TPSA) is 138 Å². The molecule has 0 saturated carbocycles. The van der Waals surface area contributed by atoms with Crippen molar-refractivity contribution in [2.45, 2.75) is 32.9 Å². The van der Waals surface area contributed by atoms with Crippen molar-refractivity contribution in [1.82, 2.24) is 24.0 Å². The molecule has 2 aromatic heterocycles. The van der Waals surface area contributed by atoms with E-state index in [0.717, 1.165) is 4.57 Å². The van der Waals surface area contributed by atoms with E-state index in [0.29, 0.717) is 55.3 Å². The molecule has 0 fully saturated rings. The van der Waals surface area contributed by atoms with Crippen LogP contribution in [0, 0.1) is 0 Å². The number of imidazole rings is 1. The maximum atomic E-state index is 12.9. The Bertz CT molecular complexity index is 1240. The number of hydrogen-bond donors (Lipinski definition) is 4. The zero-order chi connectivity index (χ0) is 24.3. The highest BCUT2D eigenvalue weighted by Gasteiger charge is 2.21. The Morgan fingerprint density at radius 1 is 1.09 bits per heavy atom. The van der Waals surface area contributed by atoms with Crippen molar-refractivity contribution < 1.29 is 15.3 Å². The molecule has 2 heterocycles. The summed E-state index contributed by atoms with van der Waals surface area (Å²) in [7, 11) is 3.07. The van der Waals surface area contributed by atoms with E-state index in [1.54, 1.807) is 13.1 Å². The van der Waals surface area contributed by atoms with Crippen molar-refractivity contribution in [2.75, 3.05) is 31.1 Å². The van der Waals surface area contributed by atoms with Crippen molar-refractivity contribution in [3.05, 3.63) is 44.6 Å². The molecule has 3 aromatic rings. The fourth-order valence-corrected chi connectivity index (χ4v) is 3.86. The summed E-state index contributed by atoms with van der Waals surface area (Å²) < 4.78 is 4.34. The number of aryl methyl sites for hydroxylation is 2. The summed E-state index contributed by atoms with van der Waals surface area (Å²) in [6, 6.07) is 4.21. The molecule has 0 amide bonds. The number of fused-ring (bicyclic) bond motifs is 1. The van der Waals surface area contributed by atoms with E-state index in [1.165, 1.54) is 23.7 Å². The molecule has 0 aliphatic rings. The number of aliphatic hydroxyl groups is 1. The van der Waals surface area contributed by atoms with E-state index in [9.17, 15) is 24.9 Å². The minimum Gasteiger partial charge on any atom is -0.504 e. The van der Waals surface area contributed by atoms with Gasteiger partial charge >= 0.3 is 5.69 Å². The Labute approximate surface area is 191 Å². The molecule has 33 heavy (non-hydrogen) atoms. The largest absolute Gasteiger partial charge is 0.504 e. The monoisotopic (exact) mass is 460 g/mol. The lowest BCUT2D eigenvalue weighted by Crippen LogP contribution is -2.37. The summed E-state index contributed by atoms with van der Waals surface area (Å²) >= 11 is 0. The van der Waals surface area contributed by atoms with Gasteiger partial charge in [0.15, 0.2) is 22.7 Å². The Balaban J connectivity index is 1.76. The highest BCUT2D eigenvalue weighted by atomic mass is 16.3. The summed E-state index contributed by atoms with van der Waals surface area (Å²) in [6.45, 7) is 6.75. The molecule has 0 saturated heterocycles. The molecular weight excluding hydrogens is 428 g/mol. The summed E-state index contributed by atoms with van der Waals surface area (Å²) in [5.74, 6) is 0.130. The number of rotatable bonds is 10. The van der Waals surface area contributed by atoms with Crippen molar-refractivity contribution in [1.29, 1.82) is 0 Å². The molecule has 0 spiro atoms. The van der Waals surface area contributed by atoms with Gasteiger partial charge in [0.1, 0.15) is 0 Å². The first kappa shape index (κ1) is 24.3. The summed E-state index contributed by atoms with van der Waals surface area (Å²) in [6.07, 6.45) is -0.196. The predicted octanol–water partition coefficient (Wildman–Crippen LogP) is 0.404. The van der Waals surface area contributed by atoms with Crippen LogP contribution in [0.15, 0.2) is 27.8 Å². The Morgan fingerprint density at radius 3 is 2.42 bits per heavy atom. The van der Waals surface area contributed by atoms with Gasteiger partial charge in [-0.2, -0.15) is 4.98 Å².